The first-order chi connectivity index (χ1) is 7.15. The number of hydrogen-bond donors (Lipinski definition) is 0. The fraction of sp³-hybridized carbons (Fsp3) is 0.900. The third-order valence-corrected chi connectivity index (χ3v) is 4.53. The van der Waals surface area contributed by atoms with Crippen LogP contribution in [0.2, 0.25) is 0 Å². The molecule has 1 heterocycles. The predicted molar refractivity (Wildman–Crippen MR) is 61.1 cm³/mol. The molecule has 0 N–H and O–H groups in total. The van der Waals surface area contributed by atoms with Crippen LogP contribution in [0.4, 0.5) is 4.79 Å². The van der Waals surface area contributed by atoms with Gasteiger partial charge in [-0.15, -0.1) is 0 Å². The van der Waals surface area contributed by atoms with E-state index >= 15 is 0 Å². The maximum absolute atomic E-state index is 11.5. The standard InChI is InChI=1S/C10H19NO4S/c1-5-16(13,14)8-6-11(7-8)9(12)15-10(2,3)4/h8H,5-7H2,1-4H3. The summed E-state index contributed by atoms with van der Waals surface area (Å²) in [6.45, 7) is 7.47. The third kappa shape index (κ3) is 3.10. The van der Waals surface area contributed by atoms with Gasteiger partial charge in [0.05, 0.1) is 5.25 Å². The highest BCUT2D eigenvalue weighted by Crippen LogP contribution is 2.20. The van der Waals surface area contributed by atoms with Crippen molar-refractivity contribution in [1.82, 2.24) is 4.90 Å². The minimum Gasteiger partial charge on any atom is -0.444 e. The molecule has 1 rings (SSSR count). The number of likely N-dealkylation sites (tertiary alicyclic amines) is 1. The average molecular weight is 249 g/mol. The van der Waals surface area contributed by atoms with E-state index in [0.29, 0.717) is 0 Å². The van der Waals surface area contributed by atoms with E-state index in [0.717, 1.165) is 0 Å². The van der Waals surface area contributed by atoms with Crippen molar-refractivity contribution in [3.63, 3.8) is 0 Å². The number of sulfone groups is 1. The second kappa shape index (κ2) is 4.24. The molecule has 16 heavy (non-hydrogen) atoms. The lowest BCUT2D eigenvalue weighted by molar-refractivity contribution is 0.0139. The Morgan fingerprint density at radius 3 is 2.25 bits per heavy atom. The van der Waals surface area contributed by atoms with Crippen LogP contribution in [0, 0.1) is 0 Å². The summed E-state index contributed by atoms with van der Waals surface area (Å²) in [6.07, 6.45) is -0.435. The lowest BCUT2D eigenvalue weighted by atomic mass is 10.2. The van der Waals surface area contributed by atoms with Gasteiger partial charge in [0, 0.05) is 18.8 Å². The molecule has 0 spiro atoms. The Morgan fingerprint density at radius 2 is 1.88 bits per heavy atom. The van der Waals surface area contributed by atoms with E-state index in [1.807, 2.05) is 0 Å². The molecule has 1 saturated heterocycles. The Kier molecular flexibility index (Phi) is 3.52. The van der Waals surface area contributed by atoms with Gasteiger partial charge in [-0.25, -0.2) is 13.2 Å². The van der Waals surface area contributed by atoms with E-state index in [1.165, 1.54) is 4.90 Å². The highest BCUT2D eigenvalue weighted by atomic mass is 32.2. The van der Waals surface area contributed by atoms with Gasteiger partial charge in [0.25, 0.3) is 0 Å². The van der Waals surface area contributed by atoms with Gasteiger partial charge in [0.2, 0.25) is 0 Å². The Morgan fingerprint density at radius 1 is 1.38 bits per heavy atom. The van der Waals surface area contributed by atoms with Crippen LogP contribution in [-0.2, 0) is 14.6 Å². The second-order valence-electron chi connectivity index (χ2n) is 4.96. The third-order valence-electron chi connectivity index (χ3n) is 2.41. The van der Waals surface area contributed by atoms with Crippen LogP contribution in [0.3, 0.4) is 0 Å². The Bertz CT molecular complexity index is 363. The molecule has 0 bridgehead atoms. The highest BCUT2D eigenvalue weighted by Gasteiger charge is 2.40. The summed E-state index contributed by atoms with van der Waals surface area (Å²) >= 11 is 0. The number of amides is 1. The molecule has 0 unspecified atom stereocenters. The minimum atomic E-state index is -3.02. The Hall–Kier alpha value is -0.780. The first-order valence-corrected chi connectivity index (χ1v) is 7.07. The number of nitrogens with zero attached hydrogens (tertiary/aromatic N) is 1. The van der Waals surface area contributed by atoms with Crippen LogP contribution in [0.15, 0.2) is 0 Å². The average Bonchev–Trinajstić information content (AvgIpc) is 1.96. The molecule has 5 nitrogen and oxygen atoms in total. The quantitative estimate of drug-likeness (QED) is 0.733. The Balaban J connectivity index is 2.45. The van der Waals surface area contributed by atoms with E-state index in [2.05, 4.69) is 0 Å². The van der Waals surface area contributed by atoms with Crippen molar-refractivity contribution in [1.29, 1.82) is 0 Å². The van der Waals surface area contributed by atoms with Gasteiger partial charge in [0.1, 0.15) is 5.60 Å². The van der Waals surface area contributed by atoms with Gasteiger partial charge in [0.15, 0.2) is 9.84 Å². The largest absolute Gasteiger partial charge is 0.444 e. The van der Waals surface area contributed by atoms with Crippen molar-refractivity contribution in [2.75, 3.05) is 18.8 Å². The van der Waals surface area contributed by atoms with Crippen molar-refractivity contribution in [2.24, 2.45) is 0 Å². The zero-order valence-corrected chi connectivity index (χ0v) is 11.0. The van der Waals surface area contributed by atoms with Crippen LogP contribution in [0.1, 0.15) is 27.7 Å². The normalized spacial score (nSPS) is 18.1. The minimum absolute atomic E-state index is 0.125. The molecule has 1 aliphatic rings. The predicted octanol–water partition coefficient (Wildman–Crippen LogP) is 1.04. The molecular formula is C10H19NO4S. The number of carbonyl (C=O) groups is 1. The lowest BCUT2D eigenvalue weighted by Gasteiger charge is -2.38. The van der Waals surface area contributed by atoms with Gasteiger partial charge in [-0.3, -0.25) is 0 Å². The summed E-state index contributed by atoms with van der Waals surface area (Å²) in [5.74, 6) is 0.125. The zero-order chi connectivity index (χ0) is 12.6. The van der Waals surface area contributed by atoms with Crippen LogP contribution < -0.4 is 0 Å². The van der Waals surface area contributed by atoms with E-state index in [-0.39, 0.29) is 18.8 Å². The fourth-order valence-electron chi connectivity index (χ4n) is 1.38. The van der Waals surface area contributed by atoms with Gasteiger partial charge in [-0.05, 0) is 20.8 Å². The lowest BCUT2D eigenvalue weighted by Crippen LogP contribution is -2.58. The smallest absolute Gasteiger partial charge is 0.410 e. The van der Waals surface area contributed by atoms with E-state index < -0.39 is 26.8 Å². The first kappa shape index (κ1) is 13.3. The van der Waals surface area contributed by atoms with Gasteiger partial charge in [-0.2, -0.15) is 0 Å². The zero-order valence-electron chi connectivity index (χ0n) is 10.2. The molecule has 1 fully saturated rings. The molecule has 0 radical (unpaired) electrons. The van der Waals surface area contributed by atoms with Crippen LogP contribution >= 0.6 is 0 Å². The number of rotatable bonds is 2. The second-order valence-corrected chi connectivity index (χ2v) is 7.53. The topological polar surface area (TPSA) is 63.7 Å². The molecule has 0 aromatic heterocycles. The summed E-state index contributed by atoms with van der Waals surface area (Å²) < 4.78 is 28.0. The first-order valence-electron chi connectivity index (χ1n) is 5.35. The van der Waals surface area contributed by atoms with Crippen molar-refractivity contribution < 1.29 is 17.9 Å². The van der Waals surface area contributed by atoms with Crippen LogP contribution in [0.25, 0.3) is 0 Å². The molecule has 0 aromatic carbocycles. The summed E-state index contributed by atoms with van der Waals surface area (Å²) in [4.78, 5) is 12.9. The molecular weight excluding hydrogens is 230 g/mol. The fourth-order valence-corrected chi connectivity index (χ4v) is 2.66. The van der Waals surface area contributed by atoms with Crippen molar-refractivity contribution in [3.8, 4) is 0 Å². The molecule has 1 aliphatic heterocycles. The maximum atomic E-state index is 11.5. The van der Waals surface area contributed by atoms with E-state index in [9.17, 15) is 13.2 Å². The SMILES string of the molecule is CCS(=O)(=O)C1CN(C(=O)OC(C)(C)C)C1. The molecule has 0 aliphatic carbocycles. The monoisotopic (exact) mass is 249 g/mol. The highest BCUT2D eigenvalue weighted by molar-refractivity contribution is 7.92. The number of hydrogen-bond acceptors (Lipinski definition) is 4. The summed E-state index contributed by atoms with van der Waals surface area (Å²) in [7, 11) is -3.02. The number of carbonyl (C=O) groups excluding carboxylic acids is 1. The molecule has 6 heteroatoms. The molecule has 0 aromatic rings. The summed E-state index contributed by atoms with van der Waals surface area (Å²) in [5, 5.41) is -0.412. The van der Waals surface area contributed by atoms with Crippen molar-refractivity contribution in [3.05, 3.63) is 0 Å². The van der Waals surface area contributed by atoms with Crippen LogP contribution in [-0.4, -0.2) is 49.1 Å². The van der Waals surface area contributed by atoms with Crippen LogP contribution in [0.5, 0.6) is 0 Å². The van der Waals surface area contributed by atoms with Crippen molar-refractivity contribution >= 4 is 15.9 Å². The van der Waals surface area contributed by atoms with Crippen molar-refractivity contribution in [2.45, 2.75) is 38.5 Å². The maximum Gasteiger partial charge on any atom is 0.410 e. The van der Waals surface area contributed by atoms with Gasteiger partial charge in [-0.1, -0.05) is 6.92 Å². The number of ether oxygens (including phenoxy) is 1. The molecule has 0 saturated carbocycles. The molecule has 94 valence electrons. The summed E-state index contributed by atoms with van der Waals surface area (Å²) in [5.41, 5.74) is -0.536. The molecule has 0 atom stereocenters. The van der Waals surface area contributed by atoms with E-state index in [1.54, 1.807) is 27.7 Å². The molecule has 1 amide bonds. The van der Waals surface area contributed by atoms with Gasteiger partial charge >= 0.3 is 6.09 Å². The summed E-state index contributed by atoms with van der Waals surface area (Å²) in [6, 6.07) is 0. The van der Waals surface area contributed by atoms with Gasteiger partial charge < -0.3 is 9.64 Å². The Labute approximate surface area is 96.7 Å². The van der Waals surface area contributed by atoms with E-state index in [4.69, 9.17) is 4.74 Å².